The van der Waals surface area contributed by atoms with E-state index in [0.717, 1.165) is 0 Å². The van der Waals surface area contributed by atoms with Gasteiger partial charge < -0.3 is 9.84 Å². The second kappa shape index (κ2) is 5.61. The number of hydrogen-bond acceptors (Lipinski definition) is 3. The number of ether oxygens (including phenoxy) is 1. The van der Waals surface area contributed by atoms with Gasteiger partial charge in [-0.1, -0.05) is 11.6 Å². The average Bonchev–Trinajstić information content (AvgIpc) is 2.37. The molecule has 0 aliphatic rings. The van der Waals surface area contributed by atoms with E-state index in [1.165, 1.54) is 17.7 Å². The van der Waals surface area contributed by atoms with Gasteiger partial charge in [0.2, 0.25) is 0 Å². The molecule has 0 amide bonds. The minimum atomic E-state index is -1.08. The highest BCUT2D eigenvalue weighted by Gasteiger charge is 2.18. The highest BCUT2D eigenvalue weighted by Crippen LogP contribution is 2.27. The average molecular weight is 308 g/mol. The third-order valence-corrected chi connectivity index (χ3v) is 3.48. The largest absolute Gasteiger partial charge is 0.495 e. The molecular formula is C15H14ClNO4. The van der Waals surface area contributed by atoms with Crippen molar-refractivity contribution in [2.75, 3.05) is 7.11 Å². The Morgan fingerprint density at radius 2 is 1.95 bits per heavy atom. The lowest BCUT2D eigenvalue weighted by atomic mass is 10.1. The number of hydrogen-bond donors (Lipinski definition) is 1. The van der Waals surface area contributed by atoms with Gasteiger partial charge in [-0.2, -0.15) is 0 Å². The summed E-state index contributed by atoms with van der Waals surface area (Å²) in [4.78, 5) is 23.7. The fraction of sp³-hybridized carbons (Fsp3) is 0.200. The fourth-order valence-electron chi connectivity index (χ4n) is 2.35. The molecule has 2 aromatic rings. The topological polar surface area (TPSA) is 68.5 Å². The minimum Gasteiger partial charge on any atom is -0.495 e. The third kappa shape index (κ3) is 2.64. The first-order chi connectivity index (χ1) is 9.86. The van der Waals surface area contributed by atoms with Gasteiger partial charge in [-0.05, 0) is 37.6 Å². The quantitative estimate of drug-likeness (QED) is 0.946. The van der Waals surface area contributed by atoms with Crippen LogP contribution in [0.4, 0.5) is 0 Å². The predicted octanol–water partition coefficient (Wildman–Crippen LogP) is 2.81. The maximum atomic E-state index is 12.3. The van der Waals surface area contributed by atoms with Crippen molar-refractivity contribution >= 4 is 17.6 Å². The lowest BCUT2D eigenvalue weighted by molar-refractivity contribution is 0.0694. The molecule has 1 N–H and O–H groups in total. The molecule has 21 heavy (non-hydrogen) atoms. The number of rotatable bonds is 3. The van der Waals surface area contributed by atoms with Crippen molar-refractivity contribution in [3.63, 3.8) is 0 Å². The number of carboxylic acid groups (broad SMARTS) is 1. The molecule has 0 unspecified atom stereocenters. The zero-order chi connectivity index (χ0) is 15.7. The summed E-state index contributed by atoms with van der Waals surface area (Å²) in [6.07, 6.45) is 0. The summed E-state index contributed by atoms with van der Waals surface area (Å²) in [6.45, 7) is 3.18. The van der Waals surface area contributed by atoms with Crippen LogP contribution in [0.3, 0.4) is 0 Å². The number of carbonyl (C=O) groups is 1. The monoisotopic (exact) mass is 307 g/mol. The summed E-state index contributed by atoms with van der Waals surface area (Å²) >= 11 is 5.97. The summed E-state index contributed by atoms with van der Waals surface area (Å²) in [5.41, 5.74) is 0.914. The number of benzene rings is 1. The van der Waals surface area contributed by atoms with Gasteiger partial charge in [-0.3, -0.25) is 9.36 Å². The molecule has 1 aromatic heterocycles. The summed E-state index contributed by atoms with van der Waals surface area (Å²) in [6, 6.07) is 6.12. The Morgan fingerprint density at radius 1 is 1.29 bits per heavy atom. The van der Waals surface area contributed by atoms with E-state index in [1.807, 2.05) is 0 Å². The zero-order valence-electron chi connectivity index (χ0n) is 11.8. The molecule has 0 saturated carbocycles. The number of aromatic carboxylic acids is 1. The molecule has 1 aromatic carbocycles. The van der Waals surface area contributed by atoms with Gasteiger partial charge in [-0.15, -0.1) is 0 Å². The van der Waals surface area contributed by atoms with E-state index in [9.17, 15) is 14.7 Å². The van der Waals surface area contributed by atoms with Crippen LogP contribution in [0.1, 0.15) is 21.6 Å². The van der Waals surface area contributed by atoms with Gasteiger partial charge in [0.1, 0.15) is 5.75 Å². The summed E-state index contributed by atoms with van der Waals surface area (Å²) in [5, 5.41) is 9.74. The van der Waals surface area contributed by atoms with Gasteiger partial charge in [0.15, 0.2) is 0 Å². The molecule has 0 saturated heterocycles. The molecule has 6 heteroatoms. The van der Waals surface area contributed by atoms with Crippen molar-refractivity contribution in [1.29, 1.82) is 0 Å². The van der Waals surface area contributed by atoms with E-state index < -0.39 is 5.97 Å². The Labute approximate surface area is 126 Å². The molecule has 0 aliphatic heterocycles. The maximum absolute atomic E-state index is 12.3. The third-order valence-electron chi connectivity index (χ3n) is 3.25. The molecule has 0 atom stereocenters. The van der Waals surface area contributed by atoms with E-state index in [0.29, 0.717) is 27.7 Å². The van der Waals surface area contributed by atoms with Crippen molar-refractivity contribution in [2.45, 2.75) is 13.8 Å². The number of halogens is 1. The first-order valence-corrected chi connectivity index (χ1v) is 6.55. The van der Waals surface area contributed by atoms with Crippen LogP contribution in [0.15, 0.2) is 29.1 Å². The van der Waals surface area contributed by atoms with Gasteiger partial charge in [0.25, 0.3) is 5.56 Å². The lowest BCUT2D eigenvalue weighted by Gasteiger charge is -2.16. The highest BCUT2D eigenvalue weighted by atomic mass is 35.5. The molecule has 0 bridgehead atoms. The lowest BCUT2D eigenvalue weighted by Crippen LogP contribution is -2.24. The minimum absolute atomic E-state index is 0.0941. The van der Waals surface area contributed by atoms with E-state index >= 15 is 0 Å². The van der Waals surface area contributed by atoms with Gasteiger partial charge in [-0.25, -0.2) is 4.79 Å². The fourth-order valence-corrected chi connectivity index (χ4v) is 2.51. The standard InChI is InChI=1S/C15H14ClNO4/c1-8-6-13(18)17(9(2)14(8)15(19)20)11-7-10(16)4-5-12(11)21-3/h4-7H,1-3H3,(H,19,20). The summed E-state index contributed by atoms with van der Waals surface area (Å²) in [7, 11) is 1.47. The molecule has 0 aliphatic carbocycles. The van der Waals surface area contributed by atoms with Crippen molar-refractivity contribution in [3.8, 4) is 11.4 Å². The molecule has 1 heterocycles. The molecule has 2 rings (SSSR count). The van der Waals surface area contributed by atoms with Crippen LogP contribution in [0.5, 0.6) is 5.75 Å². The molecule has 0 fully saturated rings. The van der Waals surface area contributed by atoms with Crippen LogP contribution in [-0.4, -0.2) is 22.8 Å². The van der Waals surface area contributed by atoms with Crippen molar-refractivity contribution in [2.24, 2.45) is 0 Å². The summed E-state index contributed by atoms with van der Waals surface area (Å²) < 4.78 is 6.52. The van der Waals surface area contributed by atoms with Gasteiger partial charge in [0.05, 0.1) is 18.4 Å². The van der Waals surface area contributed by atoms with Crippen LogP contribution in [-0.2, 0) is 0 Å². The Bertz CT molecular complexity index is 780. The SMILES string of the molecule is COc1ccc(Cl)cc1-n1c(C)c(C(=O)O)c(C)cc1=O. The Hall–Kier alpha value is -2.27. The summed E-state index contributed by atoms with van der Waals surface area (Å²) in [5.74, 6) is -0.649. The normalized spacial score (nSPS) is 10.5. The van der Waals surface area contributed by atoms with Crippen molar-refractivity contribution in [3.05, 3.63) is 56.5 Å². The van der Waals surface area contributed by atoms with Crippen LogP contribution >= 0.6 is 11.6 Å². The van der Waals surface area contributed by atoms with Crippen molar-refractivity contribution in [1.82, 2.24) is 4.57 Å². The van der Waals surface area contributed by atoms with Crippen LogP contribution in [0.2, 0.25) is 5.02 Å². The number of methoxy groups -OCH3 is 1. The van der Waals surface area contributed by atoms with Gasteiger partial charge in [0, 0.05) is 16.8 Å². The van der Waals surface area contributed by atoms with E-state index in [4.69, 9.17) is 16.3 Å². The Kier molecular flexibility index (Phi) is 4.04. The zero-order valence-corrected chi connectivity index (χ0v) is 12.6. The number of aromatic nitrogens is 1. The smallest absolute Gasteiger partial charge is 0.337 e. The first kappa shape index (κ1) is 15.1. The number of aryl methyl sites for hydroxylation is 1. The van der Waals surface area contributed by atoms with E-state index in [-0.39, 0.29) is 11.1 Å². The Morgan fingerprint density at radius 3 is 2.52 bits per heavy atom. The van der Waals surface area contributed by atoms with Gasteiger partial charge >= 0.3 is 5.97 Å². The van der Waals surface area contributed by atoms with Crippen LogP contribution in [0.25, 0.3) is 5.69 Å². The second-order valence-electron chi connectivity index (χ2n) is 4.58. The number of nitrogens with zero attached hydrogens (tertiary/aromatic N) is 1. The second-order valence-corrected chi connectivity index (χ2v) is 5.02. The number of carboxylic acids is 1. The van der Waals surface area contributed by atoms with E-state index in [2.05, 4.69) is 0 Å². The number of pyridine rings is 1. The molecule has 110 valence electrons. The Balaban J connectivity index is 2.88. The van der Waals surface area contributed by atoms with Crippen LogP contribution in [0, 0.1) is 13.8 Å². The first-order valence-electron chi connectivity index (χ1n) is 6.17. The van der Waals surface area contributed by atoms with Crippen molar-refractivity contribution < 1.29 is 14.6 Å². The van der Waals surface area contributed by atoms with Crippen LogP contribution < -0.4 is 10.3 Å². The van der Waals surface area contributed by atoms with E-state index in [1.54, 1.807) is 32.0 Å². The molecule has 0 spiro atoms. The maximum Gasteiger partial charge on any atom is 0.337 e. The molecular weight excluding hydrogens is 294 g/mol. The molecule has 5 nitrogen and oxygen atoms in total. The molecule has 0 radical (unpaired) electrons. The predicted molar refractivity (Wildman–Crippen MR) is 80.0 cm³/mol. The highest BCUT2D eigenvalue weighted by molar-refractivity contribution is 6.30.